The molecule has 2 heterocycles. The lowest BCUT2D eigenvalue weighted by Gasteiger charge is -2.10. The predicted molar refractivity (Wildman–Crippen MR) is 77.0 cm³/mol. The van der Waals surface area contributed by atoms with Gasteiger partial charge in [0.25, 0.3) is 0 Å². The molecule has 0 atom stereocenters. The van der Waals surface area contributed by atoms with Crippen molar-refractivity contribution in [2.75, 3.05) is 11.1 Å². The Kier molecular flexibility index (Phi) is 4.52. The largest absolute Gasteiger partial charge is 0.393 e. The van der Waals surface area contributed by atoms with Crippen LogP contribution in [-0.2, 0) is 13.0 Å². The van der Waals surface area contributed by atoms with E-state index in [1.165, 1.54) is 0 Å². The Bertz CT molecular complexity index is 544. The highest BCUT2D eigenvalue weighted by atomic mass is 35.5. The number of nitrogens with zero attached hydrogens (tertiary/aromatic N) is 3. The molecule has 19 heavy (non-hydrogen) atoms. The summed E-state index contributed by atoms with van der Waals surface area (Å²) in [5, 5.41) is 3.44. The molecule has 0 radical (unpaired) electrons. The Morgan fingerprint density at radius 2 is 2.16 bits per heavy atom. The van der Waals surface area contributed by atoms with E-state index in [-0.39, 0.29) is 0 Å². The molecule has 100 valence electrons. The van der Waals surface area contributed by atoms with Crippen LogP contribution in [-0.4, -0.2) is 15.0 Å². The summed E-state index contributed by atoms with van der Waals surface area (Å²) in [6, 6.07) is 5.74. The molecule has 0 saturated heterocycles. The minimum Gasteiger partial charge on any atom is -0.393 e. The van der Waals surface area contributed by atoms with Gasteiger partial charge in [0.2, 0.25) is 0 Å². The van der Waals surface area contributed by atoms with E-state index in [1.807, 2.05) is 18.2 Å². The van der Waals surface area contributed by atoms with Crippen LogP contribution in [0, 0.1) is 0 Å². The van der Waals surface area contributed by atoms with Crippen molar-refractivity contribution in [3.8, 4) is 0 Å². The van der Waals surface area contributed by atoms with Crippen molar-refractivity contribution in [3.05, 3.63) is 41.1 Å². The molecule has 0 aliphatic heterocycles. The van der Waals surface area contributed by atoms with Crippen LogP contribution in [0.15, 0.2) is 24.4 Å². The van der Waals surface area contributed by atoms with Crippen molar-refractivity contribution >= 4 is 23.1 Å². The quantitative estimate of drug-likeness (QED) is 0.822. The van der Waals surface area contributed by atoms with E-state index in [2.05, 4.69) is 27.2 Å². The van der Waals surface area contributed by atoms with Crippen molar-refractivity contribution in [2.24, 2.45) is 0 Å². The topological polar surface area (TPSA) is 76.7 Å². The van der Waals surface area contributed by atoms with E-state index in [1.54, 1.807) is 6.20 Å². The van der Waals surface area contributed by atoms with Crippen LogP contribution >= 0.6 is 11.6 Å². The van der Waals surface area contributed by atoms with Crippen LogP contribution in [0.25, 0.3) is 0 Å². The van der Waals surface area contributed by atoms with Crippen LogP contribution in [0.3, 0.4) is 0 Å². The fraction of sp³-hybridized carbons (Fsp3) is 0.308. The number of aryl methyl sites for hydroxylation is 1. The van der Waals surface area contributed by atoms with Gasteiger partial charge in [-0.05, 0) is 18.6 Å². The smallest absolute Gasteiger partial charge is 0.157 e. The number of hydrogen-bond donors (Lipinski definition) is 2. The minimum atomic E-state index is 0.293. The third-order valence-corrected chi connectivity index (χ3v) is 2.87. The first-order valence-electron chi connectivity index (χ1n) is 6.16. The average molecular weight is 278 g/mol. The summed E-state index contributed by atoms with van der Waals surface area (Å²) >= 11 is 6.00. The molecule has 3 N–H and O–H groups in total. The molecule has 2 aromatic rings. The van der Waals surface area contributed by atoms with E-state index in [4.69, 9.17) is 17.3 Å². The second-order valence-corrected chi connectivity index (χ2v) is 4.48. The van der Waals surface area contributed by atoms with Gasteiger partial charge in [-0.3, -0.25) is 4.98 Å². The number of nitrogen functional groups attached to an aromatic ring is 1. The molecule has 2 aromatic heterocycles. The molecule has 0 spiro atoms. The van der Waals surface area contributed by atoms with Gasteiger partial charge in [-0.1, -0.05) is 24.6 Å². The Labute approximate surface area is 117 Å². The van der Waals surface area contributed by atoms with Gasteiger partial charge >= 0.3 is 0 Å². The summed E-state index contributed by atoms with van der Waals surface area (Å²) < 4.78 is 0. The lowest BCUT2D eigenvalue weighted by Crippen LogP contribution is -2.09. The Morgan fingerprint density at radius 1 is 1.32 bits per heavy atom. The summed E-state index contributed by atoms with van der Waals surface area (Å²) in [6.07, 6.45) is 3.48. The lowest BCUT2D eigenvalue weighted by atomic mass is 10.3. The second-order valence-electron chi connectivity index (χ2n) is 4.12. The Morgan fingerprint density at radius 3 is 2.84 bits per heavy atom. The fourth-order valence-electron chi connectivity index (χ4n) is 1.63. The fourth-order valence-corrected chi connectivity index (χ4v) is 1.82. The maximum absolute atomic E-state index is 6.00. The van der Waals surface area contributed by atoms with Crippen molar-refractivity contribution in [1.82, 2.24) is 15.0 Å². The number of pyridine rings is 1. The third-order valence-electron chi connectivity index (χ3n) is 2.58. The van der Waals surface area contributed by atoms with E-state index in [9.17, 15) is 0 Å². The number of halogens is 1. The minimum absolute atomic E-state index is 0.293. The highest BCUT2D eigenvalue weighted by molar-refractivity contribution is 6.32. The van der Waals surface area contributed by atoms with Gasteiger partial charge in [-0.15, -0.1) is 0 Å². The number of nitrogens with two attached hydrogens (primary N) is 1. The van der Waals surface area contributed by atoms with Crippen LogP contribution < -0.4 is 11.1 Å². The first-order valence-corrected chi connectivity index (χ1v) is 6.54. The highest BCUT2D eigenvalue weighted by Crippen LogP contribution is 2.24. The standard InChI is InChI=1S/C13H16ClN5/c1-2-5-10-18-12(14)11(15)13(19-10)17-8-9-6-3-4-7-16-9/h3-4,6-7H,2,5,8,15H2,1H3,(H,17,18,19). The molecule has 0 fully saturated rings. The van der Waals surface area contributed by atoms with Crippen LogP contribution in [0.2, 0.25) is 5.15 Å². The molecule has 0 amide bonds. The second kappa shape index (κ2) is 6.33. The maximum Gasteiger partial charge on any atom is 0.157 e. The van der Waals surface area contributed by atoms with Gasteiger partial charge in [0.15, 0.2) is 11.0 Å². The van der Waals surface area contributed by atoms with Crippen LogP contribution in [0.4, 0.5) is 11.5 Å². The van der Waals surface area contributed by atoms with Gasteiger partial charge in [0.1, 0.15) is 11.5 Å². The Hall–Kier alpha value is -1.88. The number of rotatable bonds is 5. The van der Waals surface area contributed by atoms with Gasteiger partial charge in [0.05, 0.1) is 12.2 Å². The monoisotopic (exact) mass is 277 g/mol. The van der Waals surface area contributed by atoms with E-state index in [0.717, 1.165) is 18.5 Å². The zero-order valence-electron chi connectivity index (χ0n) is 10.7. The molecule has 0 aliphatic rings. The maximum atomic E-state index is 6.00. The molecule has 0 unspecified atom stereocenters. The number of anilines is 2. The summed E-state index contributed by atoms with van der Waals surface area (Å²) in [5.74, 6) is 1.26. The normalized spacial score (nSPS) is 10.4. The van der Waals surface area contributed by atoms with E-state index >= 15 is 0 Å². The Balaban J connectivity index is 2.15. The van der Waals surface area contributed by atoms with Crippen LogP contribution in [0.1, 0.15) is 24.9 Å². The molecule has 0 saturated carbocycles. The average Bonchev–Trinajstić information content (AvgIpc) is 2.42. The molecule has 0 bridgehead atoms. The summed E-state index contributed by atoms with van der Waals surface area (Å²) in [7, 11) is 0. The van der Waals surface area contributed by atoms with E-state index < -0.39 is 0 Å². The van der Waals surface area contributed by atoms with Gasteiger partial charge in [-0.2, -0.15) is 0 Å². The molecule has 2 rings (SSSR count). The number of nitrogens with one attached hydrogen (secondary N) is 1. The predicted octanol–water partition coefficient (Wildman–Crippen LogP) is 2.67. The summed E-state index contributed by atoms with van der Waals surface area (Å²) in [6.45, 7) is 2.61. The highest BCUT2D eigenvalue weighted by Gasteiger charge is 2.09. The van der Waals surface area contributed by atoms with Crippen molar-refractivity contribution in [2.45, 2.75) is 26.3 Å². The molecule has 6 heteroatoms. The van der Waals surface area contributed by atoms with Crippen molar-refractivity contribution in [1.29, 1.82) is 0 Å². The summed E-state index contributed by atoms with van der Waals surface area (Å²) in [5.41, 5.74) is 7.16. The zero-order valence-corrected chi connectivity index (χ0v) is 11.5. The molecular formula is C13H16ClN5. The van der Waals surface area contributed by atoms with Crippen molar-refractivity contribution in [3.63, 3.8) is 0 Å². The SMILES string of the molecule is CCCc1nc(Cl)c(N)c(NCc2ccccn2)n1. The van der Waals surface area contributed by atoms with Gasteiger partial charge in [-0.25, -0.2) is 9.97 Å². The van der Waals surface area contributed by atoms with E-state index in [0.29, 0.717) is 29.0 Å². The first-order chi connectivity index (χ1) is 9.20. The van der Waals surface area contributed by atoms with Crippen LogP contribution in [0.5, 0.6) is 0 Å². The molecule has 0 aliphatic carbocycles. The molecule has 5 nitrogen and oxygen atoms in total. The number of hydrogen-bond acceptors (Lipinski definition) is 5. The lowest BCUT2D eigenvalue weighted by molar-refractivity contribution is 0.834. The summed E-state index contributed by atoms with van der Waals surface area (Å²) in [4.78, 5) is 12.8. The first kappa shape index (κ1) is 13.5. The number of aromatic nitrogens is 3. The molecular weight excluding hydrogens is 262 g/mol. The zero-order chi connectivity index (χ0) is 13.7. The third kappa shape index (κ3) is 3.54. The van der Waals surface area contributed by atoms with Crippen molar-refractivity contribution < 1.29 is 0 Å². The van der Waals surface area contributed by atoms with Gasteiger partial charge in [0, 0.05) is 12.6 Å². The molecule has 0 aromatic carbocycles. The van der Waals surface area contributed by atoms with Gasteiger partial charge < -0.3 is 11.1 Å².